The van der Waals surface area contributed by atoms with Crippen molar-refractivity contribution in [2.75, 3.05) is 18.4 Å². The van der Waals surface area contributed by atoms with E-state index in [2.05, 4.69) is 5.32 Å². The summed E-state index contributed by atoms with van der Waals surface area (Å²) in [6, 6.07) is 6.94. The molecule has 1 saturated heterocycles. The quantitative estimate of drug-likeness (QED) is 0.879. The van der Waals surface area contributed by atoms with E-state index >= 15 is 0 Å². The molecule has 0 bridgehead atoms. The number of piperidine rings is 1. The molecule has 1 atom stereocenters. The van der Waals surface area contributed by atoms with Crippen LogP contribution in [0.3, 0.4) is 0 Å². The molecule has 0 radical (unpaired) electrons. The van der Waals surface area contributed by atoms with Crippen molar-refractivity contribution in [1.29, 1.82) is 0 Å². The summed E-state index contributed by atoms with van der Waals surface area (Å²) in [6.45, 7) is 3.05. The highest BCUT2D eigenvalue weighted by atomic mass is 32.2. The van der Waals surface area contributed by atoms with Gasteiger partial charge in [0.15, 0.2) is 0 Å². The summed E-state index contributed by atoms with van der Waals surface area (Å²) in [5, 5.41) is 4.05. The van der Waals surface area contributed by atoms with E-state index in [-0.39, 0.29) is 9.77 Å². The number of amides is 1. The van der Waals surface area contributed by atoms with E-state index in [1.54, 1.807) is 6.07 Å². The minimum atomic E-state index is -3.58. The number of carbonyl (C=O) groups excluding carboxylic acids is 1. The van der Waals surface area contributed by atoms with E-state index in [9.17, 15) is 17.6 Å². The number of halogens is 1. The number of hydrogen-bond donors (Lipinski definition) is 1. The lowest BCUT2D eigenvalue weighted by Gasteiger charge is -2.29. The van der Waals surface area contributed by atoms with Gasteiger partial charge in [-0.3, -0.25) is 4.79 Å². The average Bonchev–Trinajstić information content (AvgIpc) is 3.06. The standard InChI is InChI=1S/C17H19FN2O3S2/c1-12-4-3-7-20(10-12)25(22,23)15-9-16(24-11-15)17(21)19-14-6-2-5-13(18)8-14/h2,5-6,8-9,11-12H,3-4,7,10H2,1H3,(H,19,21). The fraction of sp³-hybridized carbons (Fsp3) is 0.353. The number of thiophene rings is 1. The maximum Gasteiger partial charge on any atom is 0.265 e. The second-order valence-corrected chi connectivity index (χ2v) is 9.07. The minimum Gasteiger partial charge on any atom is -0.321 e. The van der Waals surface area contributed by atoms with Gasteiger partial charge in [0.2, 0.25) is 10.0 Å². The molecule has 1 aromatic carbocycles. The van der Waals surface area contributed by atoms with Crippen LogP contribution >= 0.6 is 11.3 Å². The van der Waals surface area contributed by atoms with E-state index < -0.39 is 21.7 Å². The number of sulfonamides is 1. The normalized spacial score (nSPS) is 18.9. The van der Waals surface area contributed by atoms with Gasteiger partial charge in [-0.25, -0.2) is 12.8 Å². The Morgan fingerprint density at radius 1 is 1.36 bits per heavy atom. The molecule has 1 fully saturated rings. The van der Waals surface area contributed by atoms with Crippen molar-refractivity contribution in [3.8, 4) is 0 Å². The van der Waals surface area contributed by atoms with Gasteiger partial charge in [-0.15, -0.1) is 11.3 Å². The Morgan fingerprint density at radius 2 is 2.16 bits per heavy atom. The predicted octanol–water partition coefficient (Wildman–Crippen LogP) is 3.56. The summed E-state index contributed by atoms with van der Waals surface area (Å²) < 4.78 is 40.1. The summed E-state index contributed by atoms with van der Waals surface area (Å²) in [4.78, 5) is 12.7. The van der Waals surface area contributed by atoms with E-state index in [0.29, 0.717) is 24.7 Å². The molecule has 0 spiro atoms. The van der Waals surface area contributed by atoms with Gasteiger partial charge in [0, 0.05) is 24.2 Å². The third-order valence-corrected chi connectivity index (χ3v) is 7.06. The first kappa shape index (κ1) is 18.0. The van der Waals surface area contributed by atoms with Crippen molar-refractivity contribution in [1.82, 2.24) is 4.31 Å². The number of carbonyl (C=O) groups is 1. The van der Waals surface area contributed by atoms with Gasteiger partial charge in [-0.2, -0.15) is 4.31 Å². The predicted molar refractivity (Wildman–Crippen MR) is 95.8 cm³/mol. The van der Waals surface area contributed by atoms with Crippen LogP contribution in [0.1, 0.15) is 29.4 Å². The van der Waals surface area contributed by atoms with Gasteiger partial charge in [0.1, 0.15) is 5.82 Å². The van der Waals surface area contributed by atoms with Crippen LogP contribution in [-0.2, 0) is 10.0 Å². The number of benzene rings is 1. The summed E-state index contributed by atoms with van der Waals surface area (Å²) in [5.41, 5.74) is 0.327. The van der Waals surface area contributed by atoms with Crippen molar-refractivity contribution < 1.29 is 17.6 Å². The molecule has 3 rings (SSSR count). The molecule has 134 valence electrons. The Labute approximate surface area is 150 Å². The second-order valence-electron chi connectivity index (χ2n) is 6.22. The van der Waals surface area contributed by atoms with E-state index in [0.717, 1.165) is 24.2 Å². The highest BCUT2D eigenvalue weighted by Crippen LogP contribution is 2.27. The van der Waals surface area contributed by atoms with Crippen molar-refractivity contribution in [3.05, 3.63) is 46.4 Å². The van der Waals surface area contributed by atoms with Gasteiger partial charge in [-0.05, 0) is 43.0 Å². The molecule has 1 amide bonds. The van der Waals surface area contributed by atoms with Crippen LogP contribution < -0.4 is 5.32 Å². The zero-order valence-corrected chi connectivity index (χ0v) is 15.4. The first-order valence-corrected chi connectivity index (χ1v) is 10.3. The molecular weight excluding hydrogens is 363 g/mol. The summed E-state index contributed by atoms with van der Waals surface area (Å²) in [7, 11) is -3.58. The maximum atomic E-state index is 13.2. The SMILES string of the molecule is CC1CCCN(S(=O)(=O)c2csc(C(=O)Nc3cccc(F)c3)c2)C1. The third-order valence-electron chi connectivity index (χ3n) is 4.14. The lowest BCUT2D eigenvalue weighted by molar-refractivity contribution is 0.103. The zero-order valence-electron chi connectivity index (χ0n) is 13.7. The average molecular weight is 382 g/mol. The van der Waals surface area contributed by atoms with Crippen LogP contribution in [0.4, 0.5) is 10.1 Å². The van der Waals surface area contributed by atoms with Crippen LogP contribution in [-0.4, -0.2) is 31.7 Å². The lowest BCUT2D eigenvalue weighted by atomic mass is 10.0. The molecule has 5 nitrogen and oxygen atoms in total. The highest BCUT2D eigenvalue weighted by molar-refractivity contribution is 7.89. The lowest BCUT2D eigenvalue weighted by Crippen LogP contribution is -2.38. The maximum absolute atomic E-state index is 13.2. The molecule has 0 aliphatic carbocycles. The van der Waals surface area contributed by atoms with Crippen LogP contribution in [0.5, 0.6) is 0 Å². The smallest absolute Gasteiger partial charge is 0.265 e. The van der Waals surface area contributed by atoms with Crippen molar-refractivity contribution in [3.63, 3.8) is 0 Å². The summed E-state index contributed by atoms with van der Waals surface area (Å²) >= 11 is 1.06. The monoisotopic (exact) mass is 382 g/mol. The van der Waals surface area contributed by atoms with E-state index in [1.165, 1.54) is 34.0 Å². The first-order valence-electron chi connectivity index (χ1n) is 8.02. The van der Waals surface area contributed by atoms with Crippen molar-refractivity contribution >= 4 is 33.0 Å². The van der Waals surface area contributed by atoms with Gasteiger partial charge >= 0.3 is 0 Å². The van der Waals surface area contributed by atoms with Crippen LogP contribution in [0.2, 0.25) is 0 Å². The Morgan fingerprint density at radius 3 is 2.88 bits per heavy atom. The molecule has 1 aliphatic rings. The molecule has 2 heterocycles. The minimum absolute atomic E-state index is 0.135. The summed E-state index contributed by atoms with van der Waals surface area (Å²) in [6.07, 6.45) is 1.87. The topological polar surface area (TPSA) is 66.5 Å². The molecule has 1 aromatic heterocycles. The number of rotatable bonds is 4. The van der Waals surface area contributed by atoms with Gasteiger partial charge in [0.05, 0.1) is 9.77 Å². The first-order chi connectivity index (χ1) is 11.9. The molecule has 0 saturated carbocycles. The molecule has 25 heavy (non-hydrogen) atoms. The van der Waals surface area contributed by atoms with E-state index in [1.807, 2.05) is 6.92 Å². The molecule has 2 aromatic rings. The number of anilines is 1. The number of hydrogen-bond acceptors (Lipinski definition) is 4. The second kappa shape index (κ2) is 7.23. The fourth-order valence-electron chi connectivity index (χ4n) is 2.85. The zero-order chi connectivity index (χ0) is 18.0. The Balaban J connectivity index is 1.76. The number of nitrogens with one attached hydrogen (secondary N) is 1. The van der Waals surface area contributed by atoms with Crippen LogP contribution in [0.25, 0.3) is 0 Å². The van der Waals surface area contributed by atoms with Gasteiger partial charge in [-0.1, -0.05) is 13.0 Å². The fourth-order valence-corrected chi connectivity index (χ4v) is 5.60. The molecule has 1 unspecified atom stereocenters. The van der Waals surface area contributed by atoms with Gasteiger partial charge in [0.25, 0.3) is 5.91 Å². The Hall–Kier alpha value is -1.77. The number of nitrogens with zero attached hydrogens (tertiary/aromatic N) is 1. The molecule has 1 N–H and O–H groups in total. The van der Waals surface area contributed by atoms with Crippen molar-refractivity contribution in [2.45, 2.75) is 24.7 Å². The molecular formula is C17H19FN2O3S2. The Kier molecular flexibility index (Phi) is 5.21. The third kappa shape index (κ3) is 4.08. The largest absolute Gasteiger partial charge is 0.321 e. The van der Waals surface area contributed by atoms with Crippen LogP contribution in [0, 0.1) is 11.7 Å². The highest BCUT2D eigenvalue weighted by Gasteiger charge is 2.30. The summed E-state index contributed by atoms with van der Waals surface area (Å²) in [5.74, 6) is -0.576. The van der Waals surface area contributed by atoms with Gasteiger partial charge < -0.3 is 5.32 Å². The Bertz CT molecular complexity index is 880. The van der Waals surface area contributed by atoms with Crippen LogP contribution in [0.15, 0.2) is 40.6 Å². The van der Waals surface area contributed by atoms with E-state index in [4.69, 9.17) is 0 Å². The van der Waals surface area contributed by atoms with Crippen molar-refractivity contribution in [2.24, 2.45) is 5.92 Å². The molecule has 8 heteroatoms. The molecule has 1 aliphatic heterocycles.